The number of carbonyl (C=O) groups is 2. The maximum Gasteiger partial charge on any atom is 0.261 e. The molecule has 234 valence electrons. The second-order valence-corrected chi connectivity index (χ2v) is 13.5. The predicted octanol–water partition coefficient (Wildman–Crippen LogP) is 2.63. The fourth-order valence-electron chi connectivity index (χ4n) is 5.50. The van der Waals surface area contributed by atoms with Gasteiger partial charge in [-0.25, -0.2) is 13.4 Å². The van der Waals surface area contributed by atoms with Crippen molar-refractivity contribution in [3.05, 3.63) is 72.3 Å². The molecule has 0 unspecified atom stereocenters. The van der Waals surface area contributed by atoms with Gasteiger partial charge in [0.2, 0.25) is 5.91 Å². The number of hydrogen-bond donors (Lipinski definition) is 2. The number of aryl methyl sites for hydroxylation is 2. The molecule has 13 heteroatoms. The van der Waals surface area contributed by atoms with Crippen LogP contribution in [0.15, 0.2) is 66.2 Å². The van der Waals surface area contributed by atoms with Crippen LogP contribution in [0.25, 0.3) is 10.9 Å². The third kappa shape index (κ3) is 6.21. The second-order valence-electron chi connectivity index (χ2n) is 11.5. The molecule has 5 rings (SSSR count). The standard InChI is InChI=1S/C31H38N6O6S/c1-20-14-37(21(2)18-38)31(40)25-13-23(33-29(39)12-22-15-35(4)26-9-7-6-8-24(22)26)10-11-27(25)43-28(20)16-36(5)44(41,42)30-17-34(3)19-32-30/h6-11,13,15,17,19-21,28,38H,12,14,16,18H2,1-5H3,(H,33,39)/t20-,21-,28-/m0/s1. The zero-order valence-electron chi connectivity index (χ0n) is 25.5. The van der Waals surface area contributed by atoms with Crippen molar-refractivity contribution in [1.82, 2.24) is 23.3 Å². The number of sulfonamides is 1. The quantitative estimate of drug-likeness (QED) is 0.293. The van der Waals surface area contributed by atoms with E-state index in [2.05, 4.69) is 10.3 Å². The number of anilines is 1. The number of para-hydroxylation sites is 1. The molecule has 1 aliphatic heterocycles. The molecule has 0 saturated heterocycles. The van der Waals surface area contributed by atoms with Crippen LogP contribution in [-0.4, -0.2) is 87.6 Å². The van der Waals surface area contributed by atoms with E-state index in [9.17, 15) is 23.1 Å². The first-order valence-electron chi connectivity index (χ1n) is 14.4. The summed E-state index contributed by atoms with van der Waals surface area (Å²) < 4.78 is 37.5. The SMILES string of the molecule is C[C@H]1CN([C@@H](C)CO)C(=O)c2cc(NC(=O)Cc3cn(C)c4ccccc34)ccc2O[C@H]1CN(C)S(=O)(=O)c1cn(C)cn1. The highest BCUT2D eigenvalue weighted by Crippen LogP contribution is 2.31. The minimum absolute atomic E-state index is 0.00142. The molecule has 2 amide bonds. The summed E-state index contributed by atoms with van der Waals surface area (Å²) in [6.07, 6.45) is 4.30. The van der Waals surface area contributed by atoms with Gasteiger partial charge in [-0.2, -0.15) is 4.31 Å². The highest BCUT2D eigenvalue weighted by atomic mass is 32.2. The van der Waals surface area contributed by atoms with Gasteiger partial charge in [-0.1, -0.05) is 25.1 Å². The monoisotopic (exact) mass is 622 g/mol. The lowest BCUT2D eigenvalue weighted by molar-refractivity contribution is -0.115. The molecule has 0 bridgehead atoms. The van der Waals surface area contributed by atoms with E-state index < -0.39 is 22.2 Å². The van der Waals surface area contributed by atoms with Crippen LogP contribution in [0.2, 0.25) is 0 Å². The van der Waals surface area contributed by atoms with Gasteiger partial charge in [0.25, 0.3) is 15.9 Å². The highest BCUT2D eigenvalue weighted by molar-refractivity contribution is 7.89. The van der Waals surface area contributed by atoms with Crippen molar-refractivity contribution < 1.29 is 27.9 Å². The average molecular weight is 623 g/mol. The fraction of sp³-hybridized carbons (Fsp3) is 0.387. The van der Waals surface area contributed by atoms with Gasteiger partial charge in [0.15, 0.2) is 5.03 Å². The minimum atomic E-state index is -3.89. The van der Waals surface area contributed by atoms with Crippen LogP contribution < -0.4 is 10.1 Å². The Bertz CT molecular complexity index is 1800. The lowest BCUT2D eigenvalue weighted by Crippen LogP contribution is -2.50. The largest absolute Gasteiger partial charge is 0.488 e. The number of aliphatic hydroxyl groups excluding tert-OH is 1. The number of nitrogens with one attached hydrogen (secondary N) is 1. The van der Waals surface area contributed by atoms with Crippen LogP contribution in [-0.2, 0) is 35.3 Å². The zero-order valence-corrected chi connectivity index (χ0v) is 26.3. The van der Waals surface area contributed by atoms with Gasteiger partial charge >= 0.3 is 0 Å². The molecule has 0 radical (unpaired) electrons. The maximum absolute atomic E-state index is 13.8. The molecule has 2 aromatic carbocycles. The van der Waals surface area contributed by atoms with Crippen LogP contribution in [0.3, 0.4) is 0 Å². The summed E-state index contributed by atoms with van der Waals surface area (Å²) in [5.74, 6) is -0.625. The fourth-order valence-corrected chi connectivity index (χ4v) is 6.64. The number of nitrogens with zero attached hydrogens (tertiary/aromatic N) is 5. The number of hydrogen-bond acceptors (Lipinski definition) is 7. The van der Waals surface area contributed by atoms with Crippen LogP contribution in [0.4, 0.5) is 5.69 Å². The Labute approximate surface area is 256 Å². The van der Waals surface area contributed by atoms with Crippen LogP contribution in [0, 0.1) is 5.92 Å². The summed E-state index contributed by atoms with van der Waals surface area (Å²) in [7, 11) is 1.20. The first-order chi connectivity index (χ1) is 20.9. The van der Waals surface area contributed by atoms with E-state index in [1.807, 2.05) is 49.0 Å². The van der Waals surface area contributed by atoms with Crippen molar-refractivity contribution >= 4 is 38.4 Å². The number of imidazole rings is 1. The zero-order chi connectivity index (χ0) is 31.8. The van der Waals surface area contributed by atoms with Crippen LogP contribution in [0.5, 0.6) is 5.75 Å². The lowest BCUT2D eigenvalue weighted by atomic mass is 9.99. The molecule has 0 fully saturated rings. The smallest absolute Gasteiger partial charge is 0.261 e. The summed E-state index contributed by atoms with van der Waals surface area (Å²) in [5, 5.41) is 13.8. The third-order valence-electron chi connectivity index (χ3n) is 8.07. The Hall–Kier alpha value is -4.20. The molecular formula is C31H38N6O6S. The van der Waals surface area contributed by atoms with E-state index in [0.717, 1.165) is 16.5 Å². The second kappa shape index (κ2) is 12.4. The number of aliphatic hydroxyl groups is 1. The van der Waals surface area contributed by atoms with E-state index in [1.165, 1.54) is 23.9 Å². The molecule has 1 aliphatic rings. The van der Waals surface area contributed by atoms with Gasteiger partial charge in [0.05, 0.1) is 37.5 Å². The first-order valence-corrected chi connectivity index (χ1v) is 15.8. The molecule has 0 aliphatic carbocycles. The maximum atomic E-state index is 13.8. The number of fused-ring (bicyclic) bond motifs is 2. The Kier molecular flexibility index (Phi) is 8.82. The molecule has 2 N–H and O–H groups in total. The van der Waals surface area contributed by atoms with Gasteiger partial charge in [-0.05, 0) is 36.8 Å². The van der Waals surface area contributed by atoms with Gasteiger partial charge in [-0.3, -0.25) is 9.59 Å². The molecule has 12 nitrogen and oxygen atoms in total. The highest BCUT2D eigenvalue weighted by Gasteiger charge is 2.35. The van der Waals surface area contributed by atoms with Crippen molar-refractivity contribution in [1.29, 1.82) is 0 Å². The summed E-state index contributed by atoms with van der Waals surface area (Å²) in [5.41, 5.74) is 2.54. The van der Waals surface area contributed by atoms with Crippen molar-refractivity contribution in [2.75, 3.05) is 32.1 Å². The molecule has 2 aromatic heterocycles. The third-order valence-corrected chi connectivity index (χ3v) is 9.78. The predicted molar refractivity (Wildman–Crippen MR) is 166 cm³/mol. The number of likely N-dealkylation sites (N-methyl/N-ethyl adjacent to an activating group) is 1. The molecule has 3 atom stereocenters. The molecule has 44 heavy (non-hydrogen) atoms. The van der Waals surface area contributed by atoms with E-state index in [4.69, 9.17) is 4.74 Å². The van der Waals surface area contributed by atoms with Gasteiger partial charge in [-0.15, -0.1) is 0 Å². The van der Waals surface area contributed by atoms with Gasteiger partial charge in [0.1, 0.15) is 11.9 Å². The number of carbonyl (C=O) groups excluding carboxylic acids is 2. The summed E-state index contributed by atoms with van der Waals surface area (Å²) >= 11 is 0. The van der Waals surface area contributed by atoms with Crippen molar-refractivity contribution in [3.63, 3.8) is 0 Å². The molecule has 3 heterocycles. The summed E-state index contributed by atoms with van der Waals surface area (Å²) in [4.78, 5) is 32.5. The number of amides is 2. The molecule has 4 aromatic rings. The number of rotatable bonds is 9. The van der Waals surface area contributed by atoms with Crippen molar-refractivity contribution in [2.45, 2.75) is 37.4 Å². The van der Waals surface area contributed by atoms with Crippen molar-refractivity contribution in [3.8, 4) is 5.75 Å². The Morgan fingerprint density at radius 1 is 1.20 bits per heavy atom. The van der Waals surface area contributed by atoms with E-state index in [1.54, 1.807) is 41.6 Å². The average Bonchev–Trinajstić information content (AvgIpc) is 3.58. The Morgan fingerprint density at radius 2 is 1.95 bits per heavy atom. The topological polar surface area (TPSA) is 139 Å². The Morgan fingerprint density at radius 3 is 2.66 bits per heavy atom. The van der Waals surface area contributed by atoms with E-state index in [-0.39, 0.29) is 60.2 Å². The van der Waals surface area contributed by atoms with Crippen LogP contribution >= 0.6 is 0 Å². The lowest BCUT2D eigenvalue weighted by Gasteiger charge is -2.38. The van der Waals surface area contributed by atoms with Gasteiger partial charge < -0.3 is 29.2 Å². The van der Waals surface area contributed by atoms with E-state index >= 15 is 0 Å². The van der Waals surface area contributed by atoms with Gasteiger partial charge in [0, 0.05) is 62.6 Å². The van der Waals surface area contributed by atoms with Crippen molar-refractivity contribution in [2.24, 2.45) is 20.0 Å². The summed E-state index contributed by atoms with van der Waals surface area (Å²) in [6, 6.07) is 12.2. The normalized spacial score (nSPS) is 18.1. The molecular weight excluding hydrogens is 584 g/mol. The van der Waals surface area contributed by atoms with Crippen LogP contribution in [0.1, 0.15) is 29.8 Å². The molecule has 0 saturated carbocycles. The number of ether oxygens (including phenoxy) is 1. The number of benzene rings is 2. The molecule has 0 spiro atoms. The van der Waals surface area contributed by atoms with E-state index in [0.29, 0.717) is 5.69 Å². The number of aromatic nitrogens is 3. The Balaban J connectivity index is 1.41. The first kappa shape index (κ1) is 31.2. The summed E-state index contributed by atoms with van der Waals surface area (Å²) in [6.45, 7) is 3.59. The minimum Gasteiger partial charge on any atom is -0.488 e.